The second-order valence-electron chi connectivity index (χ2n) is 3.81. The number of nitrogens with one attached hydrogen (secondary N) is 1. The lowest BCUT2D eigenvalue weighted by Gasteiger charge is -2.05. The van der Waals surface area contributed by atoms with Gasteiger partial charge in [-0.25, -0.2) is 0 Å². The van der Waals surface area contributed by atoms with Crippen LogP contribution in [-0.4, -0.2) is 11.2 Å². The molecule has 2 rings (SSSR count). The highest BCUT2D eigenvalue weighted by molar-refractivity contribution is 7.98. The normalized spacial score (nSPS) is 9.83. The van der Waals surface area contributed by atoms with Crippen LogP contribution in [0, 0.1) is 0 Å². The summed E-state index contributed by atoms with van der Waals surface area (Å²) in [4.78, 5) is 5.31. The van der Waals surface area contributed by atoms with E-state index in [9.17, 15) is 0 Å². The number of thioether (sulfide) groups is 1. The van der Waals surface area contributed by atoms with E-state index in [0.717, 1.165) is 13.1 Å². The van der Waals surface area contributed by atoms with Crippen LogP contribution in [0.5, 0.6) is 0 Å². The predicted octanol–water partition coefficient (Wildman–Crippen LogP) is 0.0973. The van der Waals surface area contributed by atoms with Crippen LogP contribution in [-0.2, 0) is 13.1 Å². The Kier molecular flexibility index (Phi) is 6.80. The quantitative estimate of drug-likeness (QED) is 0.786. The van der Waals surface area contributed by atoms with Crippen molar-refractivity contribution in [3.63, 3.8) is 0 Å². The number of benzene rings is 1. The highest BCUT2D eigenvalue weighted by Gasteiger charge is 1.94. The Hall–Kier alpha value is -1.03. The van der Waals surface area contributed by atoms with Crippen LogP contribution in [0.3, 0.4) is 0 Å². The Morgan fingerprint density at radius 1 is 0.944 bits per heavy atom. The first-order chi connectivity index (χ1) is 8.38. The van der Waals surface area contributed by atoms with Crippen LogP contribution in [0.25, 0.3) is 0 Å². The van der Waals surface area contributed by atoms with Gasteiger partial charge in [0.05, 0.1) is 0 Å². The van der Waals surface area contributed by atoms with Crippen LogP contribution < -0.4 is 17.7 Å². The molecule has 2 nitrogen and oxygen atoms in total. The highest BCUT2D eigenvalue weighted by Crippen LogP contribution is 2.14. The molecule has 0 aliphatic rings. The summed E-state index contributed by atoms with van der Waals surface area (Å²) in [6, 6.07) is 12.7. The summed E-state index contributed by atoms with van der Waals surface area (Å²) in [5.41, 5.74) is 2.58. The lowest BCUT2D eigenvalue weighted by atomic mass is 10.2. The van der Waals surface area contributed by atoms with E-state index in [2.05, 4.69) is 40.8 Å². The number of hydrogen-bond donors (Lipinski definition) is 1. The molecule has 0 fully saturated rings. The Morgan fingerprint density at radius 3 is 2.06 bits per heavy atom. The predicted molar refractivity (Wildman–Crippen MR) is 73.0 cm³/mol. The fraction of sp³-hybridized carbons (Fsp3) is 0.214. The van der Waals surface area contributed by atoms with Gasteiger partial charge in [-0.15, -0.1) is 11.8 Å². The maximum Gasteiger partial charge on any atom is 0.0271 e. The molecule has 0 atom stereocenters. The Labute approximate surface area is 119 Å². The van der Waals surface area contributed by atoms with Crippen molar-refractivity contribution in [1.29, 1.82) is 0 Å². The van der Waals surface area contributed by atoms with Gasteiger partial charge in [-0.1, -0.05) is 12.1 Å². The molecule has 0 aliphatic heterocycles. The lowest BCUT2D eigenvalue weighted by Crippen LogP contribution is -3.00. The van der Waals surface area contributed by atoms with E-state index < -0.39 is 0 Å². The standard InChI is InChI=1S/C14H16N2S.ClH/c1-17-14-4-2-12(3-5-14)10-16-11-13-6-8-15-9-7-13;/h2-9,16H,10-11H2,1H3;1H/p-1. The number of hydrogen-bond acceptors (Lipinski definition) is 3. The molecule has 0 radical (unpaired) electrons. The van der Waals surface area contributed by atoms with Crippen LogP contribution in [0.2, 0.25) is 0 Å². The highest BCUT2D eigenvalue weighted by atomic mass is 35.5. The van der Waals surface area contributed by atoms with Crippen LogP contribution in [0.15, 0.2) is 53.7 Å². The third kappa shape index (κ3) is 4.69. The summed E-state index contributed by atoms with van der Waals surface area (Å²) in [5.74, 6) is 0. The molecular formula is C14H16ClN2S-. The first-order valence-corrected chi connectivity index (χ1v) is 6.83. The van der Waals surface area contributed by atoms with Gasteiger partial charge in [0.25, 0.3) is 0 Å². The van der Waals surface area contributed by atoms with Crippen LogP contribution >= 0.6 is 11.8 Å². The summed E-state index contributed by atoms with van der Waals surface area (Å²) in [6.45, 7) is 1.78. The third-order valence-corrected chi connectivity index (χ3v) is 3.31. The topological polar surface area (TPSA) is 24.9 Å². The van der Waals surface area contributed by atoms with Gasteiger partial charge in [-0.05, 0) is 41.6 Å². The van der Waals surface area contributed by atoms with Crippen LogP contribution in [0.4, 0.5) is 0 Å². The smallest absolute Gasteiger partial charge is 0.0271 e. The molecule has 1 aromatic heterocycles. The van der Waals surface area contributed by atoms with E-state index in [1.54, 1.807) is 11.8 Å². The summed E-state index contributed by atoms with van der Waals surface area (Å²) in [6.07, 6.45) is 5.74. The van der Waals surface area contributed by atoms with Crippen molar-refractivity contribution >= 4 is 11.8 Å². The SMILES string of the molecule is CSc1ccc(CNCc2ccncc2)cc1.[Cl-]. The minimum atomic E-state index is 0. The zero-order chi connectivity index (χ0) is 11.9. The van der Waals surface area contributed by atoms with Crippen molar-refractivity contribution < 1.29 is 12.4 Å². The van der Waals surface area contributed by atoms with Gasteiger partial charge in [-0.3, -0.25) is 4.98 Å². The molecule has 4 heteroatoms. The van der Waals surface area contributed by atoms with Crippen molar-refractivity contribution in [2.75, 3.05) is 6.26 Å². The Balaban J connectivity index is 0.00000162. The minimum absolute atomic E-state index is 0. The van der Waals surface area contributed by atoms with Gasteiger partial charge in [0.15, 0.2) is 0 Å². The maximum atomic E-state index is 4.00. The summed E-state index contributed by atoms with van der Waals surface area (Å²) in [5, 5.41) is 3.42. The zero-order valence-corrected chi connectivity index (χ0v) is 11.8. The van der Waals surface area contributed by atoms with Gasteiger partial charge in [-0.2, -0.15) is 0 Å². The Bertz CT molecular complexity index is 445. The molecule has 0 unspecified atom stereocenters. The van der Waals surface area contributed by atoms with Crippen molar-refractivity contribution in [1.82, 2.24) is 10.3 Å². The Morgan fingerprint density at radius 2 is 1.50 bits per heavy atom. The molecule has 18 heavy (non-hydrogen) atoms. The molecule has 0 bridgehead atoms. The van der Waals surface area contributed by atoms with E-state index in [1.165, 1.54) is 16.0 Å². The molecule has 1 heterocycles. The number of pyridine rings is 1. The van der Waals surface area contributed by atoms with Gasteiger partial charge in [0, 0.05) is 30.4 Å². The molecule has 0 saturated heterocycles. The molecule has 0 spiro atoms. The van der Waals surface area contributed by atoms with E-state index in [4.69, 9.17) is 0 Å². The van der Waals surface area contributed by atoms with Crippen molar-refractivity contribution in [2.24, 2.45) is 0 Å². The largest absolute Gasteiger partial charge is 1.00 e. The molecule has 1 aromatic carbocycles. The lowest BCUT2D eigenvalue weighted by molar-refractivity contribution is -0.00000354. The number of halogens is 1. The van der Waals surface area contributed by atoms with Crippen molar-refractivity contribution in [2.45, 2.75) is 18.0 Å². The van der Waals surface area contributed by atoms with E-state index >= 15 is 0 Å². The third-order valence-electron chi connectivity index (χ3n) is 2.57. The number of rotatable bonds is 5. The average molecular weight is 280 g/mol. The minimum Gasteiger partial charge on any atom is -1.00 e. The van der Waals surface area contributed by atoms with Gasteiger partial charge in [0.1, 0.15) is 0 Å². The van der Waals surface area contributed by atoms with Crippen molar-refractivity contribution in [3.8, 4) is 0 Å². The molecule has 0 aliphatic carbocycles. The molecular weight excluding hydrogens is 264 g/mol. The van der Waals surface area contributed by atoms with Gasteiger partial charge >= 0.3 is 0 Å². The second-order valence-corrected chi connectivity index (χ2v) is 4.69. The van der Waals surface area contributed by atoms with Crippen LogP contribution in [0.1, 0.15) is 11.1 Å². The monoisotopic (exact) mass is 279 g/mol. The molecule has 1 N–H and O–H groups in total. The average Bonchev–Trinajstić information content (AvgIpc) is 2.41. The molecule has 0 amide bonds. The fourth-order valence-corrected chi connectivity index (χ4v) is 2.00. The maximum absolute atomic E-state index is 4.00. The summed E-state index contributed by atoms with van der Waals surface area (Å²) < 4.78 is 0. The first-order valence-electron chi connectivity index (χ1n) is 5.61. The number of nitrogens with zero attached hydrogens (tertiary/aromatic N) is 1. The molecule has 2 aromatic rings. The fourth-order valence-electron chi connectivity index (χ4n) is 1.60. The van der Waals surface area contributed by atoms with Gasteiger partial charge in [0.2, 0.25) is 0 Å². The second kappa shape index (κ2) is 8.14. The first kappa shape index (κ1) is 15.0. The van der Waals surface area contributed by atoms with E-state index in [1.807, 2.05) is 24.5 Å². The number of aromatic nitrogens is 1. The van der Waals surface area contributed by atoms with Gasteiger partial charge < -0.3 is 17.7 Å². The molecule has 0 saturated carbocycles. The summed E-state index contributed by atoms with van der Waals surface area (Å²) in [7, 11) is 0. The van der Waals surface area contributed by atoms with E-state index in [-0.39, 0.29) is 12.4 Å². The van der Waals surface area contributed by atoms with E-state index in [0.29, 0.717) is 0 Å². The van der Waals surface area contributed by atoms with Crippen molar-refractivity contribution in [3.05, 3.63) is 59.9 Å². The summed E-state index contributed by atoms with van der Waals surface area (Å²) >= 11 is 1.77. The molecule has 96 valence electrons. The zero-order valence-electron chi connectivity index (χ0n) is 10.3.